The number of hydrogen-bond donors (Lipinski definition) is 1. The lowest BCUT2D eigenvalue weighted by molar-refractivity contribution is 0.0211. The summed E-state index contributed by atoms with van der Waals surface area (Å²) in [6.45, 7) is 4.69. The highest BCUT2D eigenvalue weighted by Crippen LogP contribution is 2.32. The highest BCUT2D eigenvalue weighted by Gasteiger charge is 2.27. The molecule has 1 aromatic carbocycles. The smallest absolute Gasteiger partial charge is 0.220 e. The fourth-order valence-corrected chi connectivity index (χ4v) is 3.65. The number of halogens is 1. The predicted molar refractivity (Wildman–Crippen MR) is 104 cm³/mol. The van der Waals surface area contributed by atoms with E-state index in [4.69, 9.17) is 15.3 Å². The number of oxime groups is 1. The predicted octanol–water partition coefficient (Wildman–Crippen LogP) is 1.98. The number of ether oxygens (including phenoxy) is 1. The maximum atomic E-state index is 13.3. The molecule has 1 atom stereocenters. The van der Waals surface area contributed by atoms with E-state index in [9.17, 15) is 4.39 Å². The van der Waals surface area contributed by atoms with Crippen molar-refractivity contribution in [3.8, 4) is 0 Å². The molecule has 0 spiro atoms. The standard InChI is InChI=1S/C20H24FN5O2/c21-16-3-1-14(2-4-16)15-11-18-17(13-23-20(22)24-18)19(12-15)25-28-10-7-26-5-8-27-9-6-26/h1-4,13,15H,5-12H2,(H2,22,23,24)/b25-19+. The number of fused-ring (bicyclic) bond motifs is 1. The summed E-state index contributed by atoms with van der Waals surface area (Å²) in [5.41, 5.74) is 9.35. The minimum absolute atomic E-state index is 0.143. The summed E-state index contributed by atoms with van der Waals surface area (Å²) in [7, 11) is 0. The van der Waals surface area contributed by atoms with Crippen molar-refractivity contribution in [1.82, 2.24) is 14.9 Å². The second-order valence-corrected chi connectivity index (χ2v) is 7.07. The van der Waals surface area contributed by atoms with Crippen molar-refractivity contribution in [2.45, 2.75) is 18.8 Å². The van der Waals surface area contributed by atoms with Gasteiger partial charge in [0.1, 0.15) is 12.4 Å². The minimum Gasteiger partial charge on any atom is -0.394 e. The van der Waals surface area contributed by atoms with Crippen LogP contribution in [0.2, 0.25) is 0 Å². The van der Waals surface area contributed by atoms with E-state index in [0.29, 0.717) is 19.4 Å². The lowest BCUT2D eigenvalue weighted by atomic mass is 9.82. The molecule has 4 rings (SSSR count). The van der Waals surface area contributed by atoms with Crippen LogP contribution in [0.25, 0.3) is 0 Å². The summed E-state index contributed by atoms with van der Waals surface area (Å²) < 4.78 is 18.6. The minimum atomic E-state index is -0.244. The monoisotopic (exact) mass is 385 g/mol. The number of aromatic nitrogens is 2. The fourth-order valence-electron chi connectivity index (χ4n) is 3.65. The molecular weight excluding hydrogens is 361 g/mol. The molecule has 0 bridgehead atoms. The molecule has 148 valence electrons. The van der Waals surface area contributed by atoms with Crippen molar-refractivity contribution in [3.05, 3.63) is 53.1 Å². The van der Waals surface area contributed by atoms with Gasteiger partial charge in [0.25, 0.3) is 0 Å². The Hall–Kier alpha value is -2.58. The molecule has 1 fully saturated rings. The van der Waals surface area contributed by atoms with Crippen molar-refractivity contribution in [2.75, 3.05) is 45.2 Å². The molecular formula is C20H24FN5O2. The summed E-state index contributed by atoms with van der Waals surface area (Å²) in [5, 5.41) is 4.40. The molecule has 28 heavy (non-hydrogen) atoms. The van der Waals surface area contributed by atoms with E-state index >= 15 is 0 Å². The number of nitrogen functional groups attached to an aromatic ring is 1. The van der Waals surface area contributed by atoms with Gasteiger partial charge in [-0.25, -0.2) is 14.4 Å². The lowest BCUT2D eigenvalue weighted by Gasteiger charge is -2.26. The molecule has 7 nitrogen and oxygen atoms in total. The van der Waals surface area contributed by atoms with E-state index in [1.807, 2.05) is 12.1 Å². The van der Waals surface area contributed by atoms with Crippen molar-refractivity contribution < 1.29 is 14.0 Å². The summed E-state index contributed by atoms with van der Waals surface area (Å²) in [6, 6.07) is 6.59. The van der Waals surface area contributed by atoms with Crippen LogP contribution in [-0.2, 0) is 16.0 Å². The molecule has 2 heterocycles. The van der Waals surface area contributed by atoms with E-state index in [0.717, 1.165) is 55.4 Å². The first-order valence-corrected chi connectivity index (χ1v) is 9.55. The molecule has 1 aromatic heterocycles. The molecule has 1 saturated heterocycles. The largest absolute Gasteiger partial charge is 0.394 e. The van der Waals surface area contributed by atoms with Crippen LogP contribution < -0.4 is 5.73 Å². The first-order chi connectivity index (χ1) is 13.7. The van der Waals surface area contributed by atoms with E-state index in [2.05, 4.69) is 20.0 Å². The Kier molecular flexibility index (Phi) is 5.78. The Morgan fingerprint density at radius 3 is 2.79 bits per heavy atom. The molecule has 2 N–H and O–H groups in total. The zero-order valence-electron chi connectivity index (χ0n) is 15.7. The van der Waals surface area contributed by atoms with E-state index in [1.165, 1.54) is 12.1 Å². The number of hydrogen-bond acceptors (Lipinski definition) is 7. The zero-order valence-corrected chi connectivity index (χ0v) is 15.7. The number of benzene rings is 1. The van der Waals surface area contributed by atoms with Crippen molar-refractivity contribution >= 4 is 11.7 Å². The maximum absolute atomic E-state index is 13.3. The van der Waals surface area contributed by atoms with Gasteiger partial charge >= 0.3 is 0 Å². The second kappa shape index (κ2) is 8.62. The number of nitrogens with zero attached hydrogens (tertiary/aromatic N) is 4. The van der Waals surface area contributed by atoms with Gasteiger partial charge < -0.3 is 15.3 Å². The number of nitrogens with two attached hydrogens (primary N) is 1. The molecule has 1 aliphatic carbocycles. The zero-order chi connectivity index (χ0) is 19.3. The lowest BCUT2D eigenvalue weighted by Crippen LogP contribution is -2.38. The molecule has 2 aromatic rings. The quantitative estimate of drug-likeness (QED) is 0.626. The first kappa shape index (κ1) is 18.8. The van der Waals surface area contributed by atoms with Gasteiger partial charge in [0, 0.05) is 37.8 Å². The average molecular weight is 385 g/mol. The summed E-state index contributed by atoms with van der Waals surface area (Å²) in [5.74, 6) is 0.141. The summed E-state index contributed by atoms with van der Waals surface area (Å²) in [4.78, 5) is 16.4. The van der Waals surface area contributed by atoms with Gasteiger partial charge in [-0.2, -0.15) is 0 Å². The summed E-state index contributed by atoms with van der Waals surface area (Å²) in [6.07, 6.45) is 3.10. The fraction of sp³-hybridized carbons (Fsp3) is 0.450. The van der Waals surface area contributed by atoms with Crippen LogP contribution in [0.5, 0.6) is 0 Å². The molecule has 2 aliphatic rings. The van der Waals surface area contributed by atoms with Crippen molar-refractivity contribution in [1.29, 1.82) is 0 Å². The molecule has 0 radical (unpaired) electrons. The van der Waals surface area contributed by atoms with Crippen molar-refractivity contribution in [2.24, 2.45) is 5.16 Å². The van der Waals surface area contributed by atoms with E-state index < -0.39 is 0 Å². The van der Waals surface area contributed by atoms with Gasteiger partial charge in [0.05, 0.1) is 24.6 Å². The Morgan fingerprint density at radius 2 is 2.00 bits per heavy atom. The average Bonchev–Trinajstić information content (AvgIpc) is 2.72. The van der Waals surface area contributed by atoms with Gasteiger partial charge in [-0.1, -0.05) is 17.3 Å². The third kappa shape index (κ3) is 4.45. The van der Waals surface area contributed by atoms with Crippen LogP contribution in [0, 0.1) is 5.82 Å². The highest BCUT2D eigenvalue weighted by molar-refractivity contribution is 6.02. The van der Waals surface area contributed by atoms with Gasteiger partial charge in [-0.3, -0.25) is 4.90 Å². The van der Waals surface area contributed by atoms with Crippen LogP contribution in [0.1, 0.15) is 29.2 Å². The molecule has 8 heteroatoms. The number of anilines is 1. The molecule has 0 saturated carbocycles. The van der Waals surface area contributed by atoms with E-state index in [1.54, 1.807) is 6.20 Å². The third-order valence-electron chi connectivity index (χ3n) is 5.20. The topological polar surface area (TPSA) is 85.9 Å². The van der Waals surface area contributed by atoms with Gasteiger partial charge in [-0.05, 0) is 30.0 Å². The van der Waals surface area contributed by atoms with Crippen LogP contribution in [0.4, 0.5) is 10.3 Å². The van der Waals surface area contributed by atoms with Crippen molar-refractivity contribution in [3.63, 3.8) is 0 Å². The Balaban J connectivity index is 1.48. The Bertz CT molecular complexity index is 837. The van der Waals surface area contributed by atoms with E-state index in [-0.39, 0.29) is 17.7 Å². The van der Waals surface area contributed by atoms with Gasteiger partial charge in [0.2, 0.25) is 5.95 Å². The Morgan fingerprint density at radius 1 is 1.21 bits per heavy atom. The highest BCUT2D eigenvalue weighted by atomic mass is 19.1. The third-order valence-corrected chi connectivity index (χ3v) is 5.20. The number of morpholine rings is 1. The first-order valence-electron chi connectivity index (χ1n) is 9.55. The molecule has 1 aliphatic heterocycles. The van der Waals surface area contributed by atoms with Gasteiger partial charge in [-0.15, -0.1) is 0 Å². The van der Waals surface area contributed by atoms with Crippen LogP contribution in [0.15, 0.2) is 35.6 Å². The van der Waals surface area contributed by atoms with Gasteiger partial charge in [0.15, 0.2) is 0 Å². The number of rotatable bonds is 5. The summed E-state index contributed by atoms with van der Waals surface area (Å²) >= 11 is 0. The van der Waals surface area contributed by atoms with Crippen LogP contribution in [0.3, 0.4) is 0 Å². The van der Waals surface area contributed by atoms with Crippen LogP contribution >= 0.6 is 0 Å². The normalized spacial score (nSPS) is 21.5. The maximum Gasteiger partial charge on any atom is 0.220 e. The second-order valence-electron chi connectivity index (χ2n) is 7.07. The molecule has 1 unspecified atom stereocenters. The Labute approximate surface area is 163 Å². The molecule has 0 amide bonds. The SMILES string of the molecule is Nc1ncc2c(n1)CC(c1ccc(F)cc1)C/C2=N\OCCN1CCOCC1. The van der Waals surface area contributed by atoms with Crippen LogP contribution in [-0.4, -0.2) is 60.0 Å².